The van der Waals surface area contributed by atoms with Crippen molar-refractivity contribution in [1.29, 1.82) is 0 Å². The van der Waals surface area contributed by atoms with Gasteiger partial charge in [-0.3, -0.25) is 19.5 Å². The normalized spacial score (nSPS) is 19.7. The second-order valence-corrected chi connectivity index (χ2v) is 8.56. The topological polar surface area (TPSA) is 65.5 Å². The molecule has 2 aliphatic heterocycles. The molecule has 4 heterocycles. The molecule has 1 saturated heterocycles. The number of rotatable bonds is 5. The largest absolute Gasteiger partial charge is 0.344 e. The fourth-order valence-corrected chi connectivity index (χ4v) is 5.01. The van der Waals surface area contributed by atoms with Gasteiger partial charge in [0.05, 0.1) is 11.3 Å². The number of amides is 2. The van der Waals surface area contributed by atoms with Crippen LogP contribution < -0.4 is 5.32 Å². The van der Waals surface area contributed by atoms with Gasteiger partial charge >= 0.3 is 0 Å². The number of hydrogen-bond acceptors (Lipinski definition) is 5. The number of likely N-dealkylation sites (N-methyl/N-ethyl adjacent to an activating group) is 1. The summed E-state index contributed by atoms with van der Waals surface area (Å²) in [6.07, 6.45) is 4.50. The zero-order chi connectivity index (χ0) is 19.7. The van der Waals surface area contributed by atoms with Crippen molar-refractivity contribution in [2.75, 3.05) is 20.1 Å². The summed E-state index contributed by atoms with van der Waals surface area (Å²) in [5, 5.41) is 4.87. The third-order valence-corrected chi connectivity index (χ3v) is 6.70. The average molecular weight is 399 g/mol. The molecular weight excluding hydrogens is 372 g/mol. The molecule has 148 valence electrons. The van der Waals surface area contributed by atoms with Crippen LogP contribution in [0.4, 0.5) is 0 Å². The van der Waals surface area contributed by atoms with E-state index in [1.807, 2.05) is 11.6 Å². The van der Waals surface area contributed by atoms with E-state index in [1.54, 1.807) is 23.3 Å². The van der Waals surface area contributed by atoms with Gasteiger partial charge in [0.2, 0.25) is 5.91 Å². The van der Waals surface area contributed by atoms with Crippen molar-refractivity contribution in [2.24, 2.45) is 0 Å². The molecule has 0 unspecified atom stereocenters. The molecule has 4 rings (SSSR count). The fourth-order valence-electron chi connectivity index (χ4n) is 3.89. The second kappa shape index (κ2) is 8.01. The summed E-state index contributed by atoms with van der Waals surface area (Å²) in [5.41, 5.74) is 4.23. The molecule has 28 heavy (non-hydrogen) atoms. The van der Waals surface area contributed by atoms with Crippen molar-refractivity contribution in [3.8, 4) is 0 Å². The van der Waals surface area contributed by atoms with Crippen LogP contribution in [-0.2, 0) is 30.7 Å². The number of carbonyl (C=O) groups excluding carboxylic acids is 2. The number of likely N-dealkylation sites (tertiary alicyclic amines) is 1. The van der Waals surface area contributed by atoms with Crippen molar-refractivity contribution < 1.29 is 9.59 Å². The summed E-state index contributed by atoms with van der Waals surface area (Å²) in [4.78, 5) is 34.6. The van der Waals surface area contributed by atoms with Gasteiger partial charge in [0.15, 0.2) is 0 Å². The first-order valence-corrected chi connectivity index (χ1v) is 10.7. The molecule has 7 heteroatoms. The monoisotopic (exact) mass is 398 g/mol. The maximum absolute atomic E-state index is 12.7. The highest BCUT2D eigenvalue weighted by atomic mass is 32.1. The van der Waals surface area contributed by atoms with Crippen LogP contribution in [0.15, 0.2) is 23.7 Å². The van der Waals surface area contributed by atoms with Crippen LogP contribution in [0.1, 0.15) is 45.4 Å². The molecule has 1 fully saturated rings. The zero-order valence-corrected chi connectivity index (χ0v) is 17.2. The molecule has 1 atom stereocenters. The average Bonchev–Trinajstić information content (AvgIpc) is 3.27. The van der Waals surface area contributed by atoms with E-state index in [9.17, 15) is 9.59 Å². The number of fused-ring (bicyclic) bond motifs is 1. The van der Waals surface area contributed by atoms with Gasteiger partial charge in [-0.25, -0.2) is 0 Å². The molecular formula is C21H26N4O2S. The summed E-state index contributed by atoms with van der Waals surface area (Å²) in [5.74, 6) is -0.110. The van der Waals surface area contributed by atoms with Crippen LogP contribution >= 0.6 is 11.3 Å². The lowest BCUT2D eigenvalue weighted by atomic mass is 10.0. The predicted molar refractivity (Wildman–Crippen MR) is 109 cm³/mol. The Morgan fingerprint density at radius 2 is 2.21 bits per heavy atom. The smallest absolute Gasteiger partial charge is 0.253 e. The Hall–Kier alpha value is -2.25. The van der Waals surface area contributed by atoms with Crippen LogP contribution in [0.2, 0.25) is 0 Å². The number of carbonyl (C=O) groups is 2. The summed E-state index contributed by atoms with van der Waals surface area (Å²) in [6.45, 7) is 5.41. The van der Waals surface area contributed by atoms with Gasteiger partial charge in [0, 0.05) is 49.7 Å². The van der Waals surface area contributed by atoms with Crippen molar-refractivity contribution in [2.45, 2.75) is 45.3 Å². The van der Waals surface area contributed by atoms with Crippen LogP contribution in [0, 0.1) is 0 Å². The highest BCUT2D eigenvalue weighted by Crippen LogP contribution is 2.29. The molecule has 0 radical (unpaired) electrons. The highest BCUT2D eigenvalue weighted by molar-refractivity contribution is 7.10. The molecule has 2 amide bonds. The first-order valence-electron chi connectivity index (χ1n) is 9.86. The van der Waals surface area contributed by atoms with Crippen LogP contribution in [-0.4, -0.2) is 52.8 Å². The minimum absolute atomic E-state index is 0.00483. The van der Waals surface area contributed by atoms with Gasteiger partial charge < -0.3 is 10.2 Å². The number of pyridine rings is 1. The van der Waals surface area contributed by atoms with Gasteiger partial charge in [-0.2, -0.15) is 0 Å². The van der Waals surface area contributed by atoms with E-state index in [0.717, 1.165) is 49.3 Å². The SMILES string of the molecule is CCc1ccc(CN2CCc3c(C(=O)N[C@@H]4CCN(C)C4=O)csc3C2)nc1. The number of aryl methyl sites for hydroxylation is 1. The van der Waals surface area contributed by atoms with Crippen LogP contribution in [0.25, 0.3) is 0 Å². The van der Waals surface area contributed by atoms with E-state index in [1.165, 1.54) is 10.4 Å². The second-order valence-electron chi connectivity index (χ2n) is 7.60. The Morgan fingerprint density at radius 3 is 2.89 bits per heavy atom. The van der Waals surface area contributed by atoms with E-state index in [4.69, 9.17) is 0 Å². The fraction of sp³-hybridized carbons (Fsp3) is 0.476. The van der Waals surface area contributed by atoms with E-state index >= 15 is 0 Å². The molecule has 0 spiro atoms. The first-order chi connectivity index (χ1) is 13.5. The lowest BCUT2D eigenvalue weighted by Gasteiger charge is -2.27. The predicted octanol–water partition coefficient (Wildman–Crippen LogP) is 2.22. The lowest BCUT2D eigenvalue weighted by molar-refractivity contribution is -0.128. The zero-order valence-electron chi connectivity index (χ0n) is 16.4. The standard InChI is InChI=1S/C21H26N4O2S/c1-3-14-4-5-15(22-10-14)11-25-9-6-16-17(13-28-19(16)12-25)20(26)23-18-7-8-24(2)21(18)27/h4-5,10,13,18H,3,6-9,11-12H2,1-2H3,(H,23,26)/t18-/m1/s1. The third-order valence-electron chi connectivity index (χ3n) is 5.68. The van der Waals surface area contributed by atoms with Crippen molar-refractivity contribution in [3.63, 3.8) is 0 Å². The number of nitrogens with zero attached hydrogens (tertiary/aromatic N) is 3. The molecule has 0 aliphatic carbocycles. The molecule has 2 aromatic rings. The van der Waals surface area contributed by atoms with E-state index < -0.39 is 0 Å². The Morgan fingerprint density at radius 1 is 1.36 bits per heavy atom. The minimum Gasteiger partial charge on any atom is -0.344 e. The van der Waals surface area contributed by atoms with E-state index in [0.29, 0.717) is 13.0 Å². The minimum atomic E-state index is -0.384. The summed E-state index contributed by atoms with van der Waals surface area (Å²) >= 11 is 1.64. The molecule has 0 bridgehead atoms. The van der Waals surface area contributed by atoms with Crippen LogP contribution in [0.5, 0.6) is 0 Å². The summed E-state index contributed by atoms with van der Waals surface area (Å²) in [6, 6.07) is 3.87. The molecule has 2 aromatic heterocycles. The highest BCUT2D eigenvalue weighted by Gasteiger charge is 2.32. The summed E-state index contributed by atoms with van der Waals surface area (Å²) < 4.78 is 0. The van der Waals surface area contributed by atoms with E-state index in [2.05, 4.69) is 34.3 Å². The molecule has 0 saturated carbocycles. The Kier molecular flexibility index (Phi) is 5.46. The number of thiophene rings is 1. The molecule has 1 N–H and O–H groups in total. The van der Waals surface area contributed by atoms with Gasteiger partial charge in [0.25, 0.3) is 5.91 Å². The van der Waals surface area contributed by atoms with E-state index in [-0.39, 0.29) is 17.9 Å². The Bertz CT molecular complexity index is 877. The first kappa shape index (κ1) is 19.1. The Labute approximate surface area is 169 Å². The van der Waals surface area contributed by atoms with Crippen molar-refractivity contribution >= 4 is 23.2 Å². The quantitative estimate of drug-likeness (QED) is 0.839. The van der Waals surface area contributed by atoms with Crippen molar-refractivity contribution in [1.82, 2.24) is 20.1 Å². The van der Waals surface area contributed by atoms with Gasteiger partial charge in [0.1, 0.15) is 6.04 Å². The maximum Gasteiger partial charge on any atom is 0.253 e. The van der Waals surface area contributed by atoms with Crippen molar-refractivity contribution in [3.05, 3.63) is 51.0 Å². The van der Waals surface area contributed by atoms with Gasteiger partial charge in [-0.05, 0) is 36.5 Å². The molecule has 2 aliphatic rings. The number of nitrogens with one attached hydrogen (secondary N) is 1. The van der Waals surface area contributed by atoms with Gasteiger partial charge in [-0.1, -0.05) is 13.0 Å². The molecule has 0 aromatic carbocycles. The Balaban J connectivity index is 1.40. The third kappa shape index (κ3) is 3.82. The maximum atomic E-state index is 12.7. The number of hydrogen-bond donors (Lipinski definition) is 1. The van der Waals surface area contributed by atoms with Gasteiger partial charge in [-0.15, -0.1) is 11.3 Å². The van der Waals surface area contributed by atoms with Crippen LogP contribution in [0.3, 0.4) is 0 Å². The molecule has 6 nitrogen and oxygen atoms in total. The summed E-state index contributed by atoms with van der Waals surface area (Å²) in [7, 11) is 1.78. The number of aromatic nitrogens is 1. The lowest BCUT2D eigenvalue weighted by Crippen LogP contribution is -2.41.